The fraction of sp³-hybridized carbons (Fsp3) is 1.00. The fourth-order valence-corrected chi connectivity index (χ4v) is 6.26. The van der Waals surface area contributed by atoms with Crippen molar-refractivity contribution in [2.24, 2.45) is 0 Å². The first-order chi connectivity index (χ1) is 7.77. The molecule has 0 aromatic carbocycles. The standard InChI is InChI=1S/C13H32O2S2/c1-7-8-9-10-11-12-13-14-17(5,6)15-16(2,3)4/h7-13H2,1-6H3. The van der Waals surface area contributed by atoms with Crippen LogP contribution in [0.4, 0.5) is 0 Å². The van der Waals surface area contributed by atoms with E-state index in [9.17, 15) is 0 Å². The van der Waals surface area contributed by atoms with Crippen LogP contribution in [-0.4, -0.2) is 37.9 Å². The molecule has 0 N–H and O–H groups in total. The van der Waals surface area contributed by atoms with Gasteiger partial charge >= 0.3 is 0 Å². The first-order valence-corrected chi connectivity index (χ1v) is 11.6. The Kier molecular flexibility index (Phi) is 8.99. The van der Waals surface area contributed by atoms with E-state index in [0.717, 1.165) is 6.61 Å². The van der Waals surface area contributed by atoms with Crippen molar-refractivity contribution in [2.45, 2.75) is 45.4 Å². The lowest BCUT2D eigenvalue weighted by Crippen LogP contribution is -2.09. The summed E-state index contributed by atoms with van der Waals surface area (Å²) in [5.74, 6) is 0. The van der Waals surface area contributed by atoms with E-state index in [1.807, 2.05) is 0 Å². The molecule has 0 saturated heterocycles. The van der Waals surface area contributed by atoms with E-state index in [0.29, 0.717) is 0 Å². The van der Waals surface area contributed by atoms with Crippen LogP contribution in [0, 0.1) is 0 Å². The van der Waals surface area contributed by atoms with Crippen LogP contribution in [0.3, 0.4) is 0 Å². The molecule has 0 heterocycles. The van der Waals surface area contributed by atoms with Gasteiger partial charge < -0.3 is 0 Å². The van der Waals surface area contributed by atoms with Gasteiger partial charge in [0.1, 0.15) is 0 Å². The molecule has 0 spiro atoms. The van der Waals surface area contributed by atoms with Gasteiger partial charge in [0.2, 0.25) is 0 Å². The van der Waals surface area contributed by atoms with Gasteiger partial charge in [-0.15, -0.1) is 10.3 Å². The molecule has 0 rings (SSSR count). The van der Waals surface area contributed by atoms with Crippen molar-refractivity contribution < 1.29 is 7.81 Å². The minimum Gasteiger partial charge on any atom is -0.284 e. The summed E-state index contributed by atoms with van der Waals surface area (Å²) in [6.45, 7) is 3.10. The van der Waals surface area contributed by atoms with Crippen LogP contribution >= 0.6 is 20.9 Å². The molecule has 2 nitrogen and oxygen atoms in total. The average molecular weight is 285 g/mol. The Hall–Kier alpha value is 0.620. The Morgan fingerprint density at radius 2 is 1.29 bits per heavy atom. The van der Waals surface area contributed by atoms with Gasteiger partial charge in [0.05, 0.1) is 6.61 Å². The minimum absolute atomic E-state index is 0.851. The molecule has 4 heteroatoms. The minimum atomic E-state index is -1.30. The second kappa shape index (κ2) is 8.68. The average Bonchev–Trinajstić information content (AvgIpc) is 2.12. The van der Waals surface area contributed by atoms with Gasteiger partial charge in [-0.25, -0.2) is 3.63 Å². The highest BCUT2D eigenvalue weighted by molar-refractivity contribution is 8.38. The third-order valence-corrected chi connectivity index (χ3v) is 5.91. The zero-order valence-corrected chi connectivity index (χ0v) is 14.2. The van der Waals surface area contributed by atoms with Crippen molar-refractivity contribution in [1.82, 2.24) is 0 Å². The molecule has 0 amide bonds. The Balaban J connectivity index is 3.52. The molecular formula is C13H32O2S2. The number of hydrogen-bond donors (Lipinski definition) is 0. The number of hydrogen-bond acceptors (Lipinski definition) is 2. The van der Waals surface area contributed by atoms with Crippen molar-refractivity contribution in [2.75, 3.05) is 37.9 Å². The Labute approximate surface area is 112 Å². The van der Waals surface area contributed by atoms with Crippen LogP contribution in [0.5, 0.6) is 0 Å². The largest absolute Gasteiger partial charge is 0.284 e. The molecule has 108 valence electrons. The van der Waals surface area contributed by atoms with Gasteiger partial charge in [0.25, 0.3) is 0 Å². The molecule has 0 unspecified atom stereocenters. The molecule has 0 aliphatic carbocycles. The highest BCUT2D eigenvalue weighted by Gasteiger charge is 2.15. The van der Waals surface area contributed by atoms with Gasteiger partial charge in [-0.2, -0.15) is 10.6 Å². The maximum Gasteiger partial charge on any atom is 0.0714 e. The molecule has 0 fully saturated rings. The summed E-state index contributed by atoms with van der Waals surface area (Å²) in [4.78, 5) is 0. The highest BCUT2D eigenvalue weighted by atomic mass is 32.3. The predicted molar refractivity (Wildman–Crippen MR) is 85.2 cm³/mol. The van der Waals surface area contributed by atoms with E-state index in [4.69, 9.17) is 7.81 Å². The molecular weight excluding hydrogens is 252 g/mol. The quantitative estimate of drug-likeness (QED) is 0.532. The maximum atomic E-state index is 6.01. The Bertz CT molecular complexity index is 188. The monoisotopic (exact) mass is 284 g/mol. The summed E-state index contributed by atoms with van der Waals surface area (Å²) in [5.41, 5.74) is 0. The molecule has 17 heavy (non-hydrogen) atoms. The lowest BCUT2D eigenvalue weighted by molar-refractivity contribution is 0.318. The molecule has 0 aromatic rings. The van der Waals surface area contributed by atoms with Crippen LogP contribution in [-0.2, 0) is 7.81 Å². The summed E-state index contributed by atoms with van der Waals surface area (Å²) >= 11 is 0. The molecule has 0 bridgehead atoms. The zero-order chi connectivity index (χ0) is 13.4. The van der Waals surface area contributed by atoms with E-state index in [1.165, 1.54) is 38.5 Å². The van der Waals surface area contributed by atoms with Crippen LogP contribution < -0.4 is 0 Å². The molecule has 0 aliphatic heterocycles. The van der Waals surface area contributed by atoms with Gasteiger partial charge in [0, 0.05) is 12.5 Å². The molecule has 0 aliphatic rings. The van der Waals surface area contributed by atoms with Crippen LogP contribution in [0.2, 0.25) is 0 Å². The summed E-state index contributed by atoms with van der Waals surface area (Å²) < 4.78 is 11.9. The van der Waals surface area contributed by atoms with Gasteiger partial charge in [-0.05, 0) is 25.2 Å². The Morgan fingerprint density at radius 3 is 1.82 bits per heavy atom. The third-order valence-electron chi connectivity index (χ3n) is 2.23. The SMILES string of the molecule is CCCCCCCCOS(C)(C)OS(C)(C)C. The first kappa shape index (κ1) is 17.6. The third kappa shape index (κ3) is 12.9. The lowest BCUT2D eigenvalue weighted by atomic mass is 10.1. The van der Waals surface area contributed by atoms with Gasteiger partial charge in [0.15, 0.2) is 0 Å². The van der Waals surface area contributed by atoms with Crippen molar-refractivity contribution in [1.29, 1.82) is 0 Å². The highest BCUT2D eigenvalue weighted by Crippen LogP contribution is 2.56. The molecule has 0 saturated carbocycles. The van der Waals surface area contributed by atoms with E-state index in [1.54, 1.807) is 0 Å². The number of rotatable bonds is 10. The lowest BCUT2D eigenvalue weighted by Gasteiger charge is -2.42. The van der Waals surface area contributed by atoms with Crippen LogP contribution in [0.1, 0.15) is 45.4 Å². The fourth-order valence-electron chi connectivity index (χ4n) is 1.65. The van der Waals surface area contributed by atoms with Gasteiger partial charge in [-0.1, -0.05) is 39.0 Å². The summed E-state index contributed by atoms with van der Waals surface area (Å²) in [6.07, 6.45) is 18.5. The number of unbranched alkanes of at least 4 members (excludes halogenated alkanes) is 5. The molecule has 0 atom stereocenters. The van der Waals surface area contributed by atoms with Crippen molar-refractivity contribution >= 4 is 20.9 Å². The second-order valence-electron chi connectivity index (χ2n) is 5.53. The van der Waals surface area contributed by atoms with E-state index >= 15 is 0 Å². The second-order valence-corrected chi connectivity index (χ2v) is 12.0. The van der Waals surface area contributed by atoms with Crippen LogP contribution in [0.15, 0.2) is 0 Å². The topological polar surface area (TPSA) is 18.5 Å². The maximum absolute atomic E-state index is 6.01. The van der Waals surface area contributed by atoms with Gasteiger partial charge in [-0.3, -0.25) is 4.18 Å². The van der Waals surface area contributed by atoms with E-state index in [2.05, 4.69) is 38.2 Å². The summed E-state index contributed by atoms with van der Waals surface area (Å²) in [7, 11) is -2.22. The van der Waals surface area contributed by atoms with Crippen LogP contribution in [0.25, 0.3) is 0 Å². The zero-order valence-electron chi connectivity index (χ0n) is 12.6. The summed E-state index contributed by atoms with van der Waals surface area (Å²) in [6, 6.07) is 0. The van der Waals surface area contributed by atoms with E-state index in [-0.39, 0.29) is 0 Å². The molecule has 0 aromatic heterocycles. The van der Waals surface area contributed by atoms with Crippen molar-refractivity contribution in [3.8, 4) is 0 Å². The molecule has 0 radical (unpaired) electrons. The first-order valence-electron chi connectivity index (χ1n) is 6.54. The van der Waals surface area contributed by atoms with Crippen molar-refractivity contribution in [3.63, 3.8) is 0 Å². The smallest absolute Gasteiger partial charge is 0.0714 e. The normalized spacial score (nSPS) is 14.9. The Morgan fingerprint density at radius 1 is 0.765 bits per heavy atom. The van der Waals surface area contributed by atoms with E-state index < -0.39 is 20.9 Å². The van der Waals surface area contributed by atoms with Crippen molar-refractivity contribution in [3.05, 3.63) is 0 Å². The summed E-state index contributed by atoms with van der Waals surface area (Å²) in [5, 5.41) is 0. The predicted octanol–water partition coefficient (Wildman–Crippen LogP) is 4.88.